The number of aryl methyl sites for hydroxylation is 2. The zero-order valence-electron chi connectivity index (χ0n) is 21.0. The first-order chi connectivity index (χ1) is 17.7. The predicted molar refractivity (Wildman–Crippen MR) is 142 cm³/mol. The molecule has 0 bridgehead atoms. The van der Waals surface area contributed by atoms with Crippen molar-refractivity contribution >= 4 is 17.5 Å². The van der Waals surface area contributed by atoms with Gasteiger partial charge in [0.1, 0.15) is 10.8 Å². The van der Waals surface area contributed by atoms with Crippen molar-refractivity contribution in [2.24, 2.45) is 0 Å². The Morgan fingerprint density at radius 1 is 1.11 bits per heavy atom. The minimum atomic E-state index is -0.656. The molecule has 0 saturated heterocycles. The van der Waals surface area contributed by atoms with Gasteiger partial charge in [-0.15, -0.1) is 0 Å². The number of amides is 1. The van der Waals surface area contributed by atoms with E-state index in [1.165, 1.54) is 16.5 Å². The van der Waals surface area contributed by atoms with E-state index in [2.05, 4.69) is 9.97 Å². The standard InChI is InChI=1S/C29H26ClFN4O2/c1-16-15-33-24(19-6-5-7-20(27(19)31)28(36)34(3)4)14-25(16)35-17(2)12-23(26(30)29(35)37)22-13-21(22)18-8-10-32-11-9-18/h5-12,14-15,21-22H,13H2,1-4H3/t21-,22+/m1/s1. The fourth-order valence-corrected chi connectivity index (χ4v) is 5.14. The third-order valence-corrected chi connectivity index (χ3v) is 7.29. The maximum Gasteiger partial charge on any atom is 0.274 e. The Bertz CT molecular complexity index is 1580. The van der Waals surface area contributed by atoms with Gasteiger partial charge < -0.3 is 4.90 Å². The van der Waals surface area contributed by atoms with Crippen molar-refractivity contribution in [1.82, 2.24) is 19.4 Å². The van der Waals surface area contributed by atoms with Gasteiger partial charge in [-0.25, -0.2) is 4.39 Å². The number of carbonyl (C=O) groups is 1. The summed E-state index contributed by atoms with van der Waals surface area (Å²) in [6.07, 6.45) is 6.06. The molecule has 1 amide bonds. The minimum absolute atomic E-state index is 0.0413. The Morgan fingerprint density at radius 3 is 2.54 bits per heavy atom. The highest BCUT2D eigenvalue weighted by atomic mass is 35.5. The molecule has 0 unspecified atom stereocenters. The molecule has 0 aliphatic heterocycles. The van der Waals surface area contributed by atoms with Crippen molar-refractivity contribution in [2.75, 3.05) is 14.1 Å². The molecule has 37 heavy (non-hydrogen) atoms. The van der Waals surface area contributed by atoms with E-state index in [1.807, 2.05) is 32.0 Å². The van der Waals surface area contributed by atoms with Crippen LogP contribution in [0.4, 0.5) is 4.39 Å². The molecule has 0 N–H and O–H groups in total. The first kappa shape index (κ1) is 24.8. The summed E-state index contributed by atoms with van der Waals surface area (Å²) in [5.41, 5.74) is 4.18. The van der Waals surface area contributed by atoms with Crippen LogP contribution >= 0.6 is 11.6 Å². The number of hydrogen-bond donors (Lipinski definition) is 0. The first-order valence-electron chi connectivity index (χ1n) is 12.0. The van der Waals surface area contributed by atoms with Gasteiger partial charge >= 0.3 is 0 Å². The summed E-state index contributed by atoms with van der Waals surface area (Å²) in [6, 6.07) is 12.3. The molecule has 2 atom stereocenters. The van der Waals surface area contributed by atoms with Gasteiger partial charge in [0.2, 0.25) is 0 Å². The maximum absolute atomic E-state index is 15.4. The van der Waals surface area contributed by atoms with E-state index in [4.69, 9.17) is 11.6 Å². The monoisotopic (exact) mass is 516 g/mol. The summed E-state index contributed by atoms with van der Waals surface area (Å²) in [4.78, 5) is 35.8. The zero-order chi connectivity index (χ0) is 26.4. The molecule has 0 radical (unpaired) electrons. The number of halogens is 2. The maximum atomic E-state index is 15.4. The molecule has 188 valence electrons. The third-order valence-electron chi connectivity index (χ3n) is 6.91. The molecule has 8 heteroatoms. The number of hydrogen-bond acceptors (Lipinski definition) is 4. The molecule has 3 heterocycles. The van der Waals surface area contributed by atoms with Crippen molar-refractivity contribution in [2.45, 2.75) is 32.1 Å². The number of nitrogens with zero attached hydrogens (tertiary/aromatic N) is 4. The second-order valence-electron chi connectivity index (χ2n) is 9.65. The van der Waals surface area contributed by atoms with Gasteiger partial charge in [-0.3, -0.25) is 24.1 Å². The Hall–Kier alpha value is -3.84. The quantitative estimate of drug-likeness (QED) is 0.342. The molecular formula is C29H26ClFN4O2. The third kappa shape index (κ3) is 4.44. The van der Waals surface area contributed by atoms with Crippen molar-refractivity contribution in [3.8, 4) is 16.9 Å². The van der Waals surface area contributed by atoms with Gasteiger partial charge in [-0.05, 0) is 85.2 Å². The van der Waals surface area contributed by atoms with Gasteiger partial charge in [0.15, 0.2) is 0 Å². The second-order valence-corrected chi connectivity index (χ2v) is 10.0. The van der Waals surface area contributed by atoms with Crippen LogP contribution in [0.25, 0.3) is 16.9 Å². The SMILES string of the molecule is Cc1cnc(-c2cccc(C(=O)N(C)C)c2F)cc1-n1c(C)cc([C@H]2C[C@@H]2c2ccncc2)c(Cl)c1=O. The lowest BCUT2D eigenvalue weighted by molar-refractivity contribution is 0.0823. The van der Waals surface area contributed by atoms with Crippen LogP contribution < -0.4 is 5.56 Å². The summed E-state index contributed by atoms with van der Waals surface area (Å²) in [6.45, 7) is 3.70. The van der Waals surface area contributed by atoms with Crippen LogP contribution in [0.15, 0.2) is 65.8 Å². The van der Waals surface area contributed by atoms with Gasteiger partial charge in [0.05, 0.1) is 16.9 Å². The van der Waals surface area contributed by atoms with Gasteiger partial charge in [0, 0.05) is 43.9 Å². The number of rotatable bonds is 5. The van der Waals surface area contributed by atoms with Crippen LogP contribution in [0.1, 0.15) is 51.0 Å². The highest BCUT2D eigenvalue weighted by Crippen LogP contribution is 2.55. The molecule has 1 saturated carbocycles. The number of aromatic nitrogens is 3. The van der Waals surface area contributed by atoms with E-state index in [0.29, 0.717) is 17.3 Å². The Kier molecular flexibility index (Phi) is 6.42. The lowest BCUT2D eigenvalue weighted by Crippen LogP contribution is -2.23. The van der Waals surface area contributed by atoms with Crippen molar-refractivity contribution in [3.05, 3.63) is 110 Å². The fourth-order valence-electron chi connectivity index (χ4n) is 4.86. The Balaban J connectivity index is 1.56. The number of carbonyl (C=O) groups excluding carboxylic acids is 1. The zero-order valence-corrected chi connectivity index (χ0v) is 21.8. The van der Waals surface area contributed by atoms with Crippen LogP contribution in [0.2, 0.25) is 5.02 Å². The Morgan fingerprint density at radius 2 is 1.84 bits per heavy atom. The largest absolute Gasteiger partial charge is 0.345 e. The van der Waals surface area contributed by atoms with E-state index < -0.39 is 11.7 Å². The topological polar surface area (TPSA) is 68.1 Å². The normalized spacial score (nSPS) is 16.5. The molecule has 0 spiro atoms. The average Bonchev–Trinajstić information content (AvgIpc) is 3.68. The van der Waals surface area contributed by atoms with Crippen molar-refractivity contribution < 1.29 is 9.18 Å². The van der Waals surface area contributed by atoms with Crippen molar-refractivity contribution in [1.29, 1.82) is 0 Å². The van der Waals surface area contributed by atoms with Gasteiger partial charge in [-0.1, -0.05) is 17.7 Å². The number of pyridine rings is 3. The van der Waals surface area contributed by atoms with E-state index in [9.17, 15) is 9.59 Å². The van der Waals surface area contributed by atoms with Crippen LogP contribution in [0, 0.1) is 19.7 Å². The Labute approximate surface area is 219 Å². The molecule has 1 aliphatic carbocycles. The minimum Gasteiger partial charge on any atom is -0.345 e. The predicted octanol–water partition coefficient (Wildman–Crippen LogP) is 5.68. The highest BCUT2D eigenvalue weighted by Gasteiger charge is 2.41. The molecule has 5 rings (SSSR count). The van der Waals surface area contributed by atoms with E-state index in [-0.39, 0.29) is 27.6 Å². The van der Waals surface area contributed by atoms with E-state index in [1.54, 1.807) is 55.5 Å². The summed E-state index contributed by atoms with van der Waals surface area (Å²) >= 11 is 6.66. The average molecular weight is 517 g/mol. The lowest BCUT2D eigenvalue weighted by Gasteiger charge is -2.17. The van der Waals surface area contributed by atoms with Gasteiger partial charge in [-0.2, -0.15) is 0 Å². The van der Waals surface area contributed by atoms with Crippen LogP contribution in [0.5, 0.6) is 0 Å². The van der Waals surface area contributed by atoms with E-state index >= 15 is 4.39 Å². The first-order valence-corrected chi connectivity index (χ1v) is 12.4. The van der Waals surface area contributed by atoms with Crippen LogP contribution in [-0.2, 0) is 0 Å². The summed E-state index contributed by atoms with van der Waals surface area (Å²) in [5.74, 6) is -0.608. The second kappa shape index (κ2) is 9.56. The molecular weight excluding hydrogens is 491 g/mol. The lowest BCUT2D eigenvalue weighted by atomic mass is 10.0. The molecule has 1 fully saturated rings. The van der Waals surface area contributed by atoms with Crippen molar-refractivity contribution in [3.63, 3.8) is 0 Å². The van der Waals surface area contributed by atoms with E-state index in [0.717, 1.165) is 23.2 Å². The van der Waals surface area contributed by atoms with Gasteiger partial charge in [0.25, 0.3) is 11.5 Å². The highest BCUT2D eigenvalue weighted by molar-refractivity contribution is 6.31. The number of benzene rings is 1. The molecule has 4 aromatic rings. The molecule has 3 aromatic heterocycles. The van der Waals surface area contributed by atoms with Crippen LogP contribution in [0.3, 0.4) is 0 Å². The smallest absolute Gasteiger partial charge is 0.274 e. The summed E-state index contributed by atoms with van der Waals surface area (Å²) in [5, 5.41) is 0.190. The molecule has 1 aliphatic rings. The molecule has 1 aromatic carbocycles. The van der Waals surface area contributed by atoms with Crippen LogP contribution in [-0.4, -0.2) is 39.4 Å². The summed E-state index contributed by atoms with van der Waals surface area (Å²) in [7, 11) is 3.14. The fraction of sp³-hybridized carbons (Fsp3) is 0.241. The molecule has 6 nitrogen and oxygen atoms in total. The summed E-state index contributed by atoms with van der Waals surface area (Å²) < 4.78 is 16.9.